The van der Waals surface area contributed by atoms with Gasteiger partial charge in [-0.1, -0.05) is 72.3 Å². The molecule has 0 unspecified atom stereocenters. The minimum absolute atomic E-state index is 0.0666. The van der Waals surface area contributed by atoms with E-state index < -0.39 is 10.1 Å². The number of H-pyrrole nitrogens is 2. The SMILES string of the molecule is CC[n+]1ccc(-c2c3nc(c(-c4cc[n+](CC)cc4)c4ccc([nH]4)c(-c4ccc5ccc6cccc7ccc4c5c67)c4nc(c(-c5cc[n+](CC)cc5)c5ccc2[nH]5)C=C4)C=C3)cc1.Cc1ccc(S(=O)(=O)O)cc1. The first kappa shape index (κ1) is 47.1. The molecule has 0 aliphatic carbocycles. The van der Waals surface area contributed by atoms with Gasteiger partial charge in [0.2, 0.25) is 0 Å². The minimum Gasteiger partial charge on any atom is -0.354 e. The van der Waals surface area contributed by atoms with Crippen molar-refractivity contribution in [1.29, 1.82) is 0 Å². The molecule has 0 saturated heterocycles. The number of hydrogen-bond acceptors (Lipinski definition) is 4. The Hall–Kier alpha value is -8.90. The molecule has 8 bridgehead atoms. The van der Waals surface area contributed by atoms with E-state index in [1.165, 1.54) is 44.5 Å². The number of hydrogen-bond donors (Lipinski definition) is 3. The van der Waals surface area contributed by atoms with Crippen LogP contribution < -0.4 is 13.7 Å². The molecule has 0 saturated carbocycles. The third kappa shape index (κ3) is 8.75. The standard InChI is InChI=1S/C57H45N7.C7H8O3S/c1-4-62-30-24-39(25-31-62)54-44-16-18-46(58-44)55(40-26-32-63(5-2)33-27-40)48-20-22-50(60-48)57(43-15-13-38-11-10-36-8-7-9-37-12-14-42(43)53(38)52(36)37)51-23-21-49(61-51)56(47-19-17-45(54)59-47)41-28-34-64(6-3)35-29-41;1-6-2-4-7(5-3-6)11(8,9)10/h7-35H,4-6H2,1-3H3,(H,58,59,60,61);2-5H,1H3,(H,8,9,10)/q+2;/p+1. The second-order valence-electron chi connectivity index (χ2n) is 19.0. The van der Waals surface area contributed by atoms with E-state index >= 15 is 0 Å². The van der Waals surface area contributed by atoms with Gasteiger partial charge in [0.15, 0.2) is 37.2 Å². The largest absolute Gasteiger partial charge is 0.354 e. The zero-order chi connectivity index (χ0) is 51.4. The van der Waals surface area contributed by atoms with Gasteiger partial charge in [-0.2, -0.15) is 8.42 Å². The van der Waals surface area contributed by atoms with Gasteiger partial charge in [-0.25, -0.2) is 23.7 Å². The lowest BCUT2D eigenvalue weighted by Gasteiger charge is -2.14. The number of pyridine rings is 3. The summed E-state index contributed by atoms with van der Waals surface area (Å²) in [6, 6.07) is 48.2. The summed E-state index contributed by atoms with van der Waals surface area (Å²) in [5.74, 6) is 0. The summed E-state index contributed by atoms with van der Waals surface area (Å²) in [6.45, 7) is 11.0. The van der Waals surface area contributed by atoms with Crippen LogP contribution in [-0.4, -0.2) is 32.9 Å². The van der Waals surface area contributed by atoms with Crippen molar-refractivity contribution in [3.63, 3.8) is 0 Å². The molecule has 10 nitrogen and oxygen atoms in total. The molecule has 8 heterocycles. The van der Waals surface area contributed by atoms with Crippen molar-refractivity contribution in [3.05, 3.63) is 205 Å². The van der Waals surface area contributed by atoms with Crippen LogP contribution in [0.2, 0.25) is 0 Å². The Morgan fingerprint density at radius 3 is 1.23 bits per heavy atom. The quantitative estimate of drug-likeness (QED) is 0.0795. The molecule has 6 aromatic heterocycles. The molecule has 11 heteroatoms. The average Bonchev–Trinajstić information content (AvgIpc) is 4.30. The number of aromatic nitrogens is 7. The summed E-state index contributed by atoms with van der Waals surface area (Å²) < 4.78 is 36.1. The van der Waals surface area contributed by atoms with E-state index in [1.807, 2.05) is 6.92 Å². The highest BCUT2D eigenvalue weighted by Gasteiger charge is 2.22. The van der Waals surface area contributed by atoms with E-state index in [4.69, 9.17) is 14.5 Å². The summed E-state index contributed by atoms with van der Waals surface area (Å²) >= 11 is 0. The fourth-order valence-corrected chi connectivity index (χ4v) is 11.0. The van der Waals surface area contributed by atoms with Gasteiger partial charge < -0.3 is 9.97 Å². The third-order valence-electron chi connectivity index (χ3n) is 14.5. The van der Waals surface area contributed by atoms with Gasteiger partial charge in [-0.15, -0.1) is 0 Å². The molecule has 2 aliphatic rings. The lowest BCUT2D eigenvalue weighted by Crippen LogP contribution is -2.30. The van der Waals surface area contributed by atoms with E-state index in [1.54, 1.807) is 12.1 Å². The second-order valence-corrected chi connectivity index (χ2v) is 20.4. The van der Waals surface area contributed by atoms with Crippen LogP contribution in [0.5, 0.6) is 0 Å². The van der Waals surface area contributed by atoms with Crippen LogP contribution in [-0.2, 0) is 29.8 Å². The van der Waals surface area contributed by atoms with Crippen LogP contribution in [0.3, 0.4) is 0 Å². The first-order valence-electron chi connectivity index (χ1n) is 25.4. The highest BCUT2D eigenvalue weighted by Crippen LogP contribution is 2.43. The van der Waals surface area contributed by atoms with Gasteiger partial charge in [-0.3, -0.25) is 4.55 Å². The van der Waals surface area contributed by atoms with Crippen molar-refractivity contribution in [3.8, 4) is 44.5 Å². The summed E-state index contributed by atoms with van der Waals surface area (Å²) in [6.07, 6.45) is 21.6. The van der Waals surface area contributed by atoms with E-state index in [0.717, 1.165) is 115 Å². The van der Waals surface area contributed by atoms with Crippen molar-refractivity contribution < 1.29 is 26.7 Å². The van der Waals surface area contributed by atoms with Crippen molar-refractivity contribution in [2.45, 2.75) is 52.2 Å². The van der Waals surface area contributed by atoms with Gasteiger partial charge in [0.1, 0.15) is 19.6 Å². The predicted octanol–water partition coefficient (Wildman–Crippen LogP) is 13.4. The molecule has 0 radical (unpaired) electrons. The van der Waals surface area contributed by atoms with Crippen LogP contribution in [0.25, 0.3) is 123 Å². The lowest BCUT2D eigenvalue weighted by molar-refractivity contribution is -0.693. The minimum atomic E-state index is -4.02. The zero-order valence-electron chi connectivity index (χ0n) is 42.1. The fourth-order valence-electron chi connectivity index (χ4n) is 10.6. The van der Waals surface area contributed by atoms with Gasteiger partial charge in [-0.05, 0) is 143 Å². The maximum absolute atomic E-state index is 10.5. The molecule has 0 amide bonds. The first-order valence-corrected chi connectivity index (χ1v) is 26.8. The van der Waals surface area contributed by atoms with Crippen LogP contribution in [0.4, 0.5) is 0 Å². The van der Waals surface area contributed by atoms with Crippen molar-refractivity contribution in [2.75, 3.05) is 0 Å². The maximum Gasteiger partial charge on any atom is 0.294 e. The number of aromatic amines is 2. The third-order valence-corrected chi connectivity index (χ3v) is 15.4. The highest BCUT2D eigenvalue weighted by atomic mass is 32.2. The summed E-state index contributed by atoms with van der Waals surface area (Å²) in [7, 11) is -4.02. The summed E-state index contributed by atoms with van der Waals surface area (Å²) in [5.41, 5.74) is 17.0. The molecule has 0 spiro atoms. The van der Waals surface area contributed by atoms with Gasteiger partial charge >= 0.3 is 0 Å². The Kier molecular flexibility index (Phi) is 12.1. The monoisotopic (exact) mass is 1000 g/mol. The van der Waals surface area contributed by atoms with Gasteiger partial charge in [0, 0.05) is 80.7 Å². The molecule has 75 heavy (non-hydrogen) atoms. The number of aryl methyl sites for hydroxylation is 4. The first-order chi connectivity index (χ1) is 36.5. The molecule has 11 aromatic rings. The van der Waals surface area contributed by atoms with Crippen molar-refractivity contribution in [1.82, 2.24) is 19.9 Å². The molecule has 2 aliphatic heterocycles. The van der Waals surface area contributed by atoms with Crippen LogP contribution in [0.15, 0.2) is 182 Å². The number of nitrogens with zero attached hydrogens (tertiary/aromatic N) is 5. The van der Waals surface area contributed by atoms with Crippen LogP contribution >= 0.6 is 0 Å². The fraction of sp³-hybridized carbons (Fsp3) is 0.109. The van der Waals surface area contributed by atoms with E-state index in [-0.39, 0.29) is 4.90 Å². The Bertz CT molecular complexity index is 4310. The second kappa shape index (κ2) is 19.2. The normalized spacial score (nSPS) is 12.2. The molecule has 0 fully saturated rings. The highest BCUT2D eigenvalue weighted by molar-refractivity contribution is 7.85. The predicted molar refractivity (Wildman–Crippen MR) is 303 cm³/mol. The van der Waals surface area contributed by atoms with Crippen molar-refractivity contribution >= 4 is 88.8 Å². The summed E-state index contributed by atoms with van der Waals surface area (Å²) in [5, 5.41) is 7.48. The lowest BCUT2D eigenvalue weighted by atomic mass is 9.89. The Labute approximate surface area is 435 Å². The molecular weight excluding hydrogens is 947 g/mol. The molecule has 13 rings (SSSR count). The van der Waals surface area contributed by atoms with E-state index in [2.05, 4.69) is 221 Å². The van der Waals surface area contributed by atoms with Gasteiger partial charge in [0.05, 0.1) is 27.7 Å². The Morgan fingerprint density at radius 2 is 0.813 bits per heavy atom. The number of fused-ring (bicyclic) bond motifs is 8. The van der Waals surface area contributed by atoms with Crippen LogP contribution in [0, 0.1) is 6.92 Å². The van der Waals surface area contributed by atoms with E-state index in [9.17, 15) is 8.42 Å². The molecule has 5 aromatic carbocycles. The smallest absolute Gasteiger partial charge is 0.294 e. The number of benzene rings is 5. The number of rotatable bonds is 8. The van der Waals surface area contributed by atoms with Crippen molar-refractivity contribution in [2.24, 2.45) is 0 Å². The topological polar surface area (TPSA) is 123 Å². The molecule has 366 valence electrons. The molecule has 3 N–H and O–H groups in total. The maximum atomic E-state index is 10.5. The Balaban J connectivity index is 0.000000462. The van der Waals surface area contributed by atoms with Gasteiger partial charge in [0.25, 0.3) is 10.1 Å². The zero-order valence-corrected chi connectivity index (χ0v) is 42.9. The molecular formula is C64H54N7O3S+3. The summed E-state index contributed by atoms with van der Waals surface area (Å²) in [4.78, 5) is 19.0. The average molecular weight is 1000 g/mol. The number of nitrogens with one attached hydrogen (secondary N) is 2. The van der Waals surface area contributed by atoms with E-state index in [0.29, 0.717) is 0 Å². The Morgan fingerprint density at radius 1 is 0.440 bits per heavy atom. The molecule has 0 atom stereocenters. The van der Waals surface area contributed by atoms with Crippen LogP contribution in [0.1, 0.15) is 49.1 Å².